The molecule has 18 heavy (non-hydrogen) atoms. The van der Waals surface area contributed by atoms with Crippen molar-refractivity contribution >= 4 is 5.65 Å². The minimum atomic E-state index is 0.448. The number of rotatable bonds is 2. The molecule has 1 aliphatic heterocycles. The molecule has 3 heterocycles. The van der Waals surface area contributed by atoms with Crippen molar-refractivity contribution in [3.8, 4) is 0 Å². The van der Waals surface area contributed by atoms with E-state index < -0.39 is 0 Å². The van der Waals surface area contributed by atoms with Crippen LogP contribution < -0.4 is 5.32 Å². The third-order valence-corrected chi connectivity index (χ3v) is 3.71. The van der Waals surface area contributed by atoms with Gasteiger partial charge in [-0.05, 0) is 31.4 Å². The summed E-state index contributed by atoms with van der Waals surface area (Å²) in [4.78, 5) is 4.42. The second-order valence-corrected chi connectivity index (χ2v) is 5.41. The second-order valence-electron chi connectivity index (χ2n) is 5.41. The largest absolute Gasteiger partial charge is 0.316 e. The average Bonchev–Trinajstić information content (AvgIpc) is 2.83. The molecule has 0 amide bonds. The van der Waals surface area contributed by atoms with E-state index >= 15 is 0 Å². The number of nitrogens with one attached hydrogen (secondary N) is 1. The molecule has 4 heteroatoms. The molecular formula is C14H20N4. The first-order valence-electron chi connectivity index (χ1n) is 6.81. The van der Waals surface area contributed by atoms with E-state index in [0.29, 0.717) is 11.8 Å². The topological polar surface area (TPSA) is 42.2 Å². The van der Waals surface area contributed by atoms with Gasteiger partial charge in [0.1, 0.15) is 0 Å². The molecule has 96 valence electrons. The molecule has 1 aliphatic rings. The first-order chi connectivity index (χ1) is 8.75. The Morgan fingerprint density at radius 1 is 1.44 bits per heavy atom. The Bertz CT molecular complexity index is 538. The van der Waals surface area contributed by atoms with Gasteiger partial charge in [-0.25, -0.2) is 9.50 Å². The molecular weight excluding hydrogens is 224 g/mol. The molecule has 0 aliphatic carbocycles. The summed E-state index contributed by atoms with van der Waals surface area (Å²) in [6.45, 7) is 6.53. The first-order valence-corrected chi connectivity index (χ1v) is 6.81. The highest BCUT2D eigenvalue weighted by atomic mass is 15.3. The van der Waals surface area contributed by atoms with Crippen LogP contribution in [-0.2, 0) is 0 Å². The summed E-state index contributed by atoms with van der Waals surface area (Å²) < 4.78 is 2.03. The van der Waals surface area contributed by atoms with Gasteiger partial charge < -0.3 is 5.32 Å². The number of nitrogens with zero attached hydrogens (tertiary/aromatic N) is 3. The number of hydrogen-bond acceptors (Lipinski definition) is 3. The third-order valence-electron chi connectivity index (χ3n) is 3.71. The van der Waals surface area contributed by atoms with Crippen molar-refractivity contribution in [2.75, 3.05) is 13.1 Å². The predicted molar refractivity (Wildman–Crippen MR) is 71.9 cm³/mol. The van der Waals surface area contributed by atoms with Crippen molar-refractivity contribution in [3.05, 3.63) is 29.7 Å². The van der Waals surface area contributed by atoms with Crippen LogP contribution in [0.25, 0.3) is 5.65 Å². The summed E-state index contributed by atoms with van der Waals surface area (Å²) in [5, 5.41) is 8.18. The summed E-state index contributed by atoms with van der Waals surface area (Å²) in [7, 11) is 0. The highest BCUT2D eigenvalue weighted by molar-refractivity contribution is 5.41. The standard InChI is InChI=1S/C14H20N4/c1-10(2)12-8-14-16-7-5-13(18(14)17-12)11-4-3-6-15-9-11/h5,7-8,10-11,15H,3-4,6,9H2,1-2H3. The molecule has 2 aromatic rings. The zero-order chi connectivity index (χ0) is 12.5. The van der Waals surface area contributed by atoms with Crippen LogP contribution in [0.5, 0.6) is 0 Å². The molecule has 1 unspecified atom stereocenters. The van der Waals surface area contributed by atoms with Gasteiger partial charge in [0, 0.05) is 24.7 Å². The quantitative estimate of drug-likeness (QED) is 0.881. The maximum Gasteiger partial charge on any atom is 0.155 e. The van der Waals surface area contributed by atoms with Gasteiger partial charge in [-0.15, -0.1) is 0 Å². The lowest BCUT2D eigenvalue weighted by Gasteiger charge is -2.23. The number of fused-ring (bicyclic) bond motifs is 1. The van der Waals surface area contributed by atoms with Crippen molar-refractivity contribution in [2.45, 2.75) is 38.5 Å². The molecule has 0 saturated carbocycles. The molecule has 3 rings (SSSR count). The van der Waals surface area contributed by atoms with E-state index in [1.54, 1.807) is 0 Å². The molecule has 0 radical (unpaired) electrons. The minimum absolute atomic E-state index is 0.448. The summed E-state index contributed by atoms with van der Waals surface area (Å²) in [6.07, 6.45) is 4.39. The normalized spacial score (nSPS) is 20.7. The van der Waals surface area contributed by atoms with Gasteiger partial charge in [-0.3, -0.25) is 0 Å². The molecule has 0 bridgehead atoms. The van der Waals surface area contributed by atoms with Gasteiger partial charge in [0.15, 0.2) is 5.65 Å². The summed E-state index contributed by atoms with van der Waals surface area (Å²) in [6, 6.07) is 4.21. The van der Waals surface area contributed by atoms with Crippen LogP contribution in [0.15, 0.2) is 18.3 Å². The van der Waals surface area contributed by atoms with Gasteiger partial charge in [0.25, 0.3) is 0 Å². The van der Waals surface area contributed by atoms with Crippen LogP contribution in [0.1, 0.15) is 49.9 Å². The number of aromatic nitrogens is 3. The lowest BCUT2D eigenvalue weighted by atomic mass is 9.96. The summed E-state index contributed by atoms with van der Waals surface area (Å²) in [5.41, 5.74) is 3.39. The van der Waals surface area contributed by atoms with Crippen LogP contribution in [0, 0.1) is 0 Å². The highest BCUT2D eigenvalue weighted by Gasteiger charge is 2.19. The van der Waals surface area contributed by atoms with E-state index in [4.69, 9.17) is 5.10 Å². The van der Waals surface area contributed by atoms with Crippen LogP contribution >= 0.6 is 0 Å². The first kappa shape index (κ1) is 11.7. The van der Waals surface area contributed by atoms with Crippen LogP contribution in [0.3, 0.4) is 0 Å². The van der Waals surface area contributed by atoms with Crippen molar-refractivity contribution in [1.29, 1.82) is 0 Å². The monoisotopic (exact) mass is 244 g/mol. The van der Waals surface area contributed by atoms with Crippen molar-refractivity contribution in [1.82, 2.24) is 19.9 Å². The van der Waals surface area contributed by atoms with Crippen LogP contribution in [-0.4, -0.2) is 27.7 Å². The van der Waals surface area contributed by atoms with E-state index in [2.05, 4.69) is 36.3 Å². The molecule has 1 saturated heterocycles. The Labute approximate surface area is 107 Å². The zero-order valence-electron chi connectivity index (χ0n) is 11.1. The van der Waals surface area contributed by atoms with E-state index in [-0.39, 0.29) is 0 Å². The Hall–Kier alpha value is -1.42. The molecule has 2 aromatic heterocycles. The average molecular weight is 244 g/mol. The van der Waals surface area contributed by atoms with Crippen molar-refractivity contribution in [2.24, 2.45) is 0 Å². The molecule has 0 aromatic carbocycles. The molecule has 1 N–H and O–H groups in total. The highest BCUT2D eigenvalue weighted by Crippen LogP contribution is 2.24. The van der Waals surface area contributed by atoms with Crippen molar-refractivity contribution < 1.29 is 0 Å². The fourth-order valence-electron chi connectivity index (χ4n) is 2.63. The maximum absolute atomic E-state index is 4.71. The van der Waals surface area contributed by atoms with Gasteiger partial charge >= 0.3 is 0 Å². The fraction of sp³-hybridized carbons (Fsp3) is 0.571. The summed E-state index contributed by atoms with van der Waals surface area (Å²) in [5.74, 6) is 1.01. The molecule has 1 atom stereocenters. The zero-order valence-corrected chi connectivity index (χ0v) is 11.1. The van der Waals surface area contributed by atoms with Gasteiger partial charge in [0.05, 0.1) is 11.4 Å². The Balaban J connectivity index is 2.05. The predicted octanol–water partition coefficient (Wildman–Crippen LogP) is 2.32. The third kappa shape index (κ3) is 2.01. The van der Waals surface area contributed by atoms with E-state index in [0.717, 1.165) is 24.4 Å². The lowest BCUT2D eigenvalue weighted by Crippen LogP contribution is -2.29. The number of hydrogen-bond donors (Lipinski definition) is 1. The van der Waals surface area contributed by atoms with Crippen molar-refractivity contribution in [3.63, 3.8) is 0 Å². The van der Waals surface area contributed by atoms with E-state index in [1.165, 1.54) is 18.5 Å². The maximum atomic E-state index is 4.71. The molecule has 0 spiro atoms. The van der Waals surface area contributed by atoms with E-state index in [1.807, 2.05) is 10.7 Å². The smallest absolute Gasteiger partial charge is 0.155 e. The lowest BCUT2D eigenvalue weighted by molar-refractivity contribution is 0.448. The van der Waals surface area contributed by atoms with Gasteiger partial charge in [0.2, 0.25) is 0 Å². The molecule has 4 nitrogen and oxygen atoms in total. The molecule has 1 fully saturated rings. The minimum Gasteiger partial charge on any atom is -0.316 e. The van der Waals surface area contributed by atoms with Gasteiger partial charge in [-0.2, -0.15) is 5.10 Å². The fourth-order valence-corrected chi connectivity index (χ4v) is 2.63. The second kappa shape index (κ2) is 4.69. The van der Waals surface area contributed by atoms with Crippen LogP contribution in [0.4, 0.5) is 0 Å². The van der Waals surface area contributed by atoms with E-state index in [9.17, 15) is 0 Å². The Morgan fingerprint density at radius 2 is 2.33 bits per heavy atom. The Kier molecular flexibility index (Phi) is 3.04. The SMILES string of the molecule is CC(C)c1cc2nccc(C3CCCNC3)n2n1. The summed E-state index contributed by atoms with van der Waals surface area (Å²) >= 11 is 0. The number of piperidine rings is 1. The Morgan fingerprint density at radius 3 is 3.06 bits per heavy atom. The van der Waals surface area contributed by atoms with Gasteiger partial charge in [-0.1, -0.05) is 13.8 Å². The van der Waals surface area contributed by atoms with Crippen LogP contribution in [0.2, 0.25) is 0 Å².